The predicted molar refractivity (Wildman–Crippen MR) is 72.1 cm³/mol. The van der Waals surface area contributed by atoms with Crippen molar-refractivity contribution in [1.82, 2.24) is 0 Å². The van der Waals surface area contributed by atoms with E-state index in [0.29, 0.717) is 15.9 Å². The number of halogens is 3. The zero-order valence-corrected chi connectivity index (χ0v) is 11.8. The minimum atomic E-state index is -0.663. The maximum Gasteiger partial charge on any atom is 0.124 e. The van der Waals surface area contributed by atoms with E-state index < -0.39 is 6.10 Å². The Labute approximate surface area is 116 Å². The number of hydrogen-bond acceptors (Lipinski definition) is 2. The van der Waals surface area contributed by atoms with E-state index in [9.17, 15) is 9.50 Å². The molecule has 5 heteroatoms. The number of rotatable bonds is 3. The number of thiophene rings is 1. The Balaban J connectivity index is 2.19. The van der Waals surface area contributed by atoms with Crippen LogP contribution in [0.5, 0.6) is 0 Å². The monoisotopic (exact) mass is 334 g/mol. The van der Waals surface area contributed by atoms with Crippen molar-refractivity contribution in [1.29, 1.82) is 0 Å². The van der Waals surface area contributed by atoms with Crippen LogP contribution in [-0.4, -0.2) is 5.11 Å². The number of aliphatic hydroxyl groups excluding tert-OH is 1. The van der Waals surface area contributed by atoms with Gasteiger partial charge in [0.25, 0.3) is 0 Å². The molecule has 1 unspecified atom stereocenters. The van der Waals surface area contributed by atoms with Crippen molar-refractivity contribution in [3.63, 3.8) is 0 Å². The van der Waals surface area contributed by atoms with Crippen LogP contribution in [0.1, 0.15) is 16.5 Å². The summed E-state index contributed by atoms with van der Waals surface area (Å²) in [4.78, 5) is 0.739. The molecule has 0 aliphatic carbocycles. The summed E-state index contributed by atoms with van der Waals surface area (Å²) in [7, 11) is 0. The van der Waals surface area contributed by atoms with Crippen LogP contribution in [0.25, 0.3) is 0 Å². The molecule has 1 aromatic carbocycles. The van der Waals surface area contributed by atoms with Crippen LogP contribution in [0.3, 0.4) is 0 Å². The zero-order chi connectivity index (χ0) is 12.4. The third-order valence-electron chi connectivity index (χ3n) is 2.38. The standard InChI is InChI=1S/C12H9BrClFOS/c13-9-6-8(15)2-1-7(9)5-11(16)12-10(14)3-4-17-12/h1-4,6,11,16H,5H2. The van der Waals surface area contributed by atoms with Gasteiger partial charge < -0.3 is 5.11 Å². The maximum absolute atomic E-state index is 12.9. The largest absolute Gasteiger partial charge is 0.387 e. The molecule has 2 rings (SSSR count). The van der Waals surface area contributed by atoms with Crippen LogP contribution in [0.4, 0.5) is 4.39 Å². The minimum absolute atomic E-state index is 0.302. The maximum atomic E-state index is 12.9. The molecule has 0 radical (unpaired) electrons. The summed E-state index contributed by atoms with van der Waals surface area (Å²) in [5.41, 5.74) is 0.850. The van der Waals surface area contributed by atoms with Crippen molar-refractivity contribution in [3.05, 3.63) is 55.4 Å². The highest BCUT2D eigenvalue weighted by Gasteiger charge is 2.15. The molecule has 0 fully saturated rings. The normalized spacial score (nSPS) is 12.7. The van der Waals surface area contributed by atoms with Crippen molar-refractivity contribution in [2.45, 2.75) is 12.5 Å². The molecular weight excluding hydrogens is 327 g/mol. The van der Waals surface area contributed by atoms with Gasteiger partial charge in [-0.1, -0.05) is 33.6 Å². The van der Waals surface area contributed by atoms with Crippen molar-refractivity contribution in [3.8, 4) is 0 Å². The number of aliphatic hydroxyl groups is 1. The molecular formula is C12H9BrClFOS. The predicted octanol–water partition coefficient (Wildman–Crippen LogP) is 4.58. The topological polar surface area (TPSA) is 20.2 Å². The van der Waals surface area contributed by atoms with Crippen LogP contribution in [0, 0.1) is 5.82 Å². The third-order valence-corrected chi connectivity index (χ3v) is 4.57. The summed E-state index contributed by atoms with van der Waals surface area (Å²) >= 11 is 10.6. The van der Waals surface area contributed by atoms with Crippen LogP contribution in [-0.2, 0) is 6.42 Å². The van der Waals surface area contributed by atoms with Gasteiger partial charge in [-0.15, -0.1) is 11.3 Å². The molecule has 0 bridgehead atoms. The highest BCUT2D eigenvalue weighted by molar-refractivity contribution is 9.10. The molecule has 2 aromatic rings. The lowest BCUT2D eigenvalue weighted by Gasteiger charge is -2.11. The molecule has 1 aromatic heterocycles. The van der Waals surface area contributed by atoms with Crippen molar-refractivity contribution in [2.24, 2.45) is 0 Å². The Morgan fingerprint density at radius 2 is 2.18 bits per heavy atom. The van der Waals surface area contributed by atoms with Gasteiger partial charge in [0.1, 0.15) is 5.82 Å². The Bertz CT molecular complexity index is 529. The van der Waals surface area contributed by atoms with Gasteiger partial charge in [0.2, 0.25) is 0 Å². The average molecular weight is 336 g/mol. The van der Waals surface area contributed by atoms with E-state index in [1.54, 1.807) is 12.1 Å². The van der Waals surface area contributed by atoms with E-state index in [1.165, 1.54) is 23.5 Å². The molecule has 1 nitrogen and oxygen atoms in total. The molecule has 1 N–H and O–H groups in total. The quantitative estimate of drug-likeness (QED) is 0.870. The average Bonchev–Trinajstić information content (AvgIpc) is 2.68. The van der Waals surface area contributed by atoms with Crippen LogP contribution in [0.2, 0.25) is 5.02 Å². The first kappa shape index (κ1) is 13.0. The Hall–Kier alpha value is -0.420. The molecule has 17 heavy (non-hydrogen) atoms. The van der Waals surface area contributed by atoms with E-state index in [0.717, 1.165) is 10.4 Å². The first-order chi connectivity index (χ1) is 8.08. The Morgan fingerprint density at radius 3 is 2.76 bits per heavy atom. The first-order valence-electron chi connectivity index (χ1n) is 4.93. The smallest absolute Gasteiger partial charge is 0.124 e. The van der Waals surface area contributed by atoms with Crippen LogP contribution >= 0.6 is 38.9 Å². The van der Waals surface area contributed by atoms with Gasteiger partial charge in [-0.05, 0) is 29.1 Å². The fraction of sp³-hybridized carbons (Fsp3) is 0.167. The lowest BCUT2D eigenvalue weighted by molar-refractivity contribution is 0.182. The highest BCUT2D eigenvalue weighted by Crippen LogP contribution is 2.32. The fourth-order valence-electron chi connectivity index (χ4n) is 1.53. The van der Waals surface area contributed by atoms with E-state index in [-0.39, 0.29) is 5.82 Å². The van der Waals surface area contributed by atoms with E-state index >= 15 is 0 Å². The highest BCUT2D eigenvalue weighted by atomic mass is 79.9. The van der Waals surface area contributed by atoms with Gasteiger partial charge in [-0.25, -0.2) is 4.39 Å². The van der Waals surface area contributed by atoms with Crippen LogP contribution in [0.15, 0.2) is 34.1 Å². The van der Waals surface area contributed by atoms with Crippen molar-refractivity contribution in [2.75, 3.05) is 0 Å². The van der Waals surface area contributed by atoms with Crippen molar-refractivity contribution < 1.29 is 9.50 Å². The molecule has 1 atom stereocenters. The zero-order valence-electron chi connectivity index (χ0n) is 8.66. The van der Waals surface area contributed by atoms with Gasteiger partial charge in [-0.3, -0.25) is 0 Å². The number of hydrogen-bond donors (Lipinski definition) is 1. The van der Waals surface area contributed by atoms with E-state index in [4.69, 9.17) is 11.6 Å². The summed E-state index contributed by atoms with van der Waals surface area (Å²) in [6.45, 7) is 0. The second-order valence-electron chi connectivity index (χ2n) is 3.59. The molecule has 0 saturated carbocycles. The number of benzene rings is 1. The first-order valence-corrected chi connectivity index (χ1v) is 6.98. The lowest BCUT2D eigenvalue weighted by atomic mass is 10.1. The van der Waals surface area contributed by atoms with Crippen LogP contribution < -0.4 is 0 Å². The van der Waals surface area contributed by atoms with E-state index in [2.05, 4.69) is 15.9 Å². The van der Waals surface area contributed by atoms with Gasteiger partial charge in [0, 0.05) is 10.9 Å². The molecule has 0 spiro atoms. The molecule has 1 heterocycles. The van der Waals surface area contributed by atoms with Crippen molar-refractivity contribution >= 4 is 38.9 Å². The summed E-state index contributed by atoms with van der Waals surface area (Å²) in [6, 6.07) is 6.18. The summed E-state index contributed by atoms with van der Waals surface area (Å²) < 4.78 is 13.6. The van der Waals surface area contributed by atoms with Gasteiger partial charge >= 0.3 is 0 Å². The SMILES string of the molecule is OC(Cc1ccc(F)cc1Br)c1sccc1Cl. The lowest BCUT2D eigenvalue weighted by Crippen LogP contribution is -2.01. The molecule has 0 amide bonds. The second kappa shape index (κ2) is 5.48. The second-order valence-corrected chi connectivity index (χ2v) is 5.80. The Kier molecular flexibility index (Phi) is 4.20. The minimum Gasteiger partial charge on any atom is -0.387 e. The summed E-state index contributed by atoms with van der Waals surface area (Å²) in [5, 5.41) is 12.5. The van der Waals surface area contributed by atoms with Gasteiger partial charge in [-0.2, -0.15) is 0 Å². The van der Waals surface area contributed by atoms with E-state index in [1.807, 2.05) is 5.38 Å². The summed E-state index contributed by atoms with van der Waals surface area (Å²) in [5.74, 6) is -0.302. The van der Waals surface area contributed by atoms with Gasteiger partial charge in [0.05, 0.1) is 16.0 Å². The third kappa shape index (κ3) is 3.07. The molecule has 0 aliphatic heterocycles. The summed E-state index contributed by atoms with van der Waals surface area (Å²) in [6.07, 6.45) is -0.259. The van der Waals surface area contributed by atoms with Gasteiger partial charge in [0.15, 0.2) is 0 Å². The molecule has 90 valence electrons. The molecule has 0 aliphatic rings. The Morgan fingerprint density at radius 1 is 1.41 bits per heavy atom. The molecule has 0 saturated heterocycles. The fourth-order valence-corrected chi connectivity index (χ4v) is 3.21.